The molecule has 10 heteroatoms. The zero-order valence-electron chi connectivity index (χ0n) is 12.4. The van der Waals surface area contributed by atoms with Gasteiger partial charge in [-0.25, -0.2) is 10.0 Å². The minimum absolute atomic E-state index is 0.180. The molecule has 3 rings (SSSR count). The van der Waals surface area contributed by atoms with E-state index in [0.29, 0.717) is 26.3 Å². The zero-order valence-corrected chi connectivity index (χ0v) is 12.4. The summed E-state index contributed by atoms with van der Waals surface area (Å²) in [5.74, 6) is 0.0764. The smallest absolute Gasteiger partial charge is 0.430 e. The van der Waals surface area contributed by atoms with Crippen molar-refractivity contribution in [1.29, 1.82) is 0 Å². The molecule has 0 radical (unpaired) electrons. The van der Waals surface area contributed by atoms with Gasteiger partial charge in [-0.1, -0.05) is 0 Å². The number of carbonyl (C=O) groups is 1. The molecule has 0 aliphatic carbocycles. The first kappa shape index (κ1) is 15.9. The minimum atomic E-state index is -1.16. The molecule has 1 aromatic heterocycles. The number of ether oxygens (including phenoxy) is 2. The molecule has 1 amide bonds. The number of hydrogen-bond acceptors (Lipinski definition) is 8. The molecule has 2 aliphatic heterocycles. The van der Waals surface area contributed by atoms with E-state index in [2.05, 4.69) is 10.0 Å². The molecule has 10 nitrogen and oxygen atoms in total. The molecule has 2 unspecified atom stereocenters. The van der Waals surface area contributed by atoms with Gasteiger partial charge < -0.3 is 19.1 Å². The summed E-state index contributed by atoms with van der Waals surface area (Å²) >= 11 is 0. The lowest BCUT2D eigenvalue weighted by atomic mass is 10.3. The largest absolute Gasteiger partial charge is 0.592 e. The van der Waals surface area contributed by atoms with Crippen LogP contribution in [0.1, 0.15) is 5.76 Å². The van der Waals surface area contributed by atoms with Crippen molar-refractivity contribution in [2.75, 3.05) is 39.4 Å². The lowest BCUT2D eigenvalue weighted by molar-refractivity contribution is -0.997. The van der Waals surface area contributed by atoms with Crippen LogP contribution in [0.3, 0.4) is 0 Å². The molecule has 126 valence electrons. The van der Waals surface area contributed by atoms with E-state index in [9.17, 15) is 10.0 Å². The molecule has 0 saturated carbocycles. The fourth-order valence-corrected chi connectivity index (χ4v) is 2.43. The van der Waals surface area contributed by atoms with Gasteiger partial charge in [0.25, 0.3) is 0 Å². The van der Waals surface area contributed by atoms with Crippen LogP contribution < -0.4 is 5.23 Å². The van der Waals surface area contributed by atoms with Crippen molar-refractivity contribution in [3.63, 3.8) is 0 Å². The first-order chi connectivity index (χ1) is 11.1. The summed E-state index contributed by atoms with van der Waals surface area (Å²) < 4.78 is 15.6. The molecule has 3 heterocycles. The van der Waals surface area contributed by atoms with E-state index in [4.69, 9.17) is 19.1 Å². The average molecular weight is 326 g/mol. The van der Waals surface area contributed by atoms with Gasteiger partial charge >= 0.3 is 12.0 Å². The Morgan fingerprint density at radius 2 is 2.22 bits per heavy atom. The van der Waals surface area contributed by atoms with Crippen molar-refractivity contribution in [3.8, 4) is 0 Å². The SMILES string of the molecule is O=C1OC(CN2CCOCC2)CN1N=Cc1ccc([NH+]([O-])O)o1. The first-order valence-electron chi connectivity index (χ1n) is 7.27. The van der Waals surface area contributed by atoms with Gasteiger partial charge in [-0.3, -0.25) is 4.90 Å². The molecular weight excluding hydrogens is 308 g/mol. The number of carbonyl (C=O) groups excluding carboxylic acids is 1. The Kier molecular flexibility index (Phi) is 4.88. The van der Waals surface area contributed by atoms with Crippen LogP contribution in [-0.4, -0.2) is 72.9 Å². The monoisotopic (exact) mass is 326 g/mol. The number of hydrazone groups is 1. The number of furan rings is 1. The molecule has 23 heavy (non-hydrogen) atoms. The Morgan fingerprint density at radius 3 is 2.91 bits per heavy atom. The lowest BCUT2D eigenvalue weighted by Gasteiger charge is -2.27. The number of hydrogen-bond donors (Lipinski definition) is 2. The second kappa shape index (κ2) is 7.06. The number of nitrogens with one attached hydrogen (secondary N) is 1. The molecule has 2 atom stereocenters. The van der Waals surface area contributed by atoms with Crippen molar-refractivity contribution in [1.82, 2.24) is 9.91 Å². The quantitative estimate of drug-likeness (QED) is 0.536. The number of cyclic esters (lactones) is 1. The second-order valence-corrected chi connectivity index (χ2v) is 5.25. The number of amides is 1. The lowest BCUT2D eigenvalue weighted by Crippen LogP contribution is -2.99. The van der Waals surface area contributed by atoms with Gasteiger partial charge in [0.15, 0.2) is 5.76 Å². The molecule has 1 aromatic rings. The third kappa shape index (κ3) is 4.06. The van der Waals surface area contributed by atoms with E-state index in [0.717, 1.165) is 13.1 Å². The molecule has 2 fully saturated rings. The second-order valence-electron chi connectivity index (χ2n) is 5.25. The van der Waals surface area contributed by atoms with Crippen LogP contribution in [-0.2, 0) is 9.47 Å². The third-order valence-electron chi connectivity index (χ3n) is 3.58. The number of nitrogens with zero attached hydrogens (tertiary/aromatic N) is 3. The van der Waals surface area contributed by atoms with Crippen molar-refractivity contribution >= 4 is 18.2 Å². The van der Waals surface area contributed by atoms with Gasteiger partial charge in [0.2, 0.25) is 0 Å². The number of morpholine rings is 1. The Bertz CT molecular complexity index is 569. The van der Waals surface area contributed by atoms with Gasteiger partial charge in [0.05, 0.1) is 26.0 Å². The maximum Gasteiger partial charge on any atom is 0.430 e. The first-order valence-corrected chi connectivity index (χ1v) is 7.27. The van der Waals surface area contributed by atoms with Gasteiger partial charge in [-0.05, 0) is 6.07 Å². The predicted molar refractivity (Wildman–Crippen MR) is 76.3 cm³/mol. The van der Waals surface area contributed by atoms with Crippen LogP contribution in [0.2, 0.25) is 0 Å². The Morgan fingerprint density at radius 1 is 1.43 bits per heavy atom. The van der Waals surface area contributed by atoms with Crippen LogP contribution in [0.4, 0.5) is 10.7 Å². The number of quaternary nitrogens is 1. The van der Waals surface area contributed by atoms with E-state index >= 15 is 0 Å². The van der Waals surface area contributed by atoms with Gasteiger partial charge in [0.1, 0.15) is 6.10 Å². The van der Waals surface area contributed by atoms with Crippen molar-refractivity contribution in [2.24, 2.45) is 5.10 Å². The fraction of sp³-hybridized carbons (Fsp3) is 0.538. The highest BCUT2D eigenvalue weighted by atomic mass is 16.8. The van der Waals surface area contributed by atoms with Crippen LogP contribution in [0, 0.1) is 5.21 Å². The van der Waals surface area contributed by atoms with E-state index < -0.39 is 11.3 Å². The summed E-state index contributed by atoms with van der Waals surface area (Å²) in [6.45, 7) is 4.01. The standard InChI is InChI=1S/C13H18N4O6/c18-13-16(14-7-10-1-2-12(22-10)17(19)20)9-11(23-13)8-15-3-5-21-6-4-15/h1-2,7,11,17,19H,3-6,8-9H2. The Hall–Kier alpha value is -1.98. The summed E-state index contributed by atoms with van der Waals surface area (Å²) in [6.07, 6.45) is 0.526. The summed E-state index contributed by atoms with van der Waals surface area (Å²) in [5.41, 5.74) is 0. The molecular formula is C13H18N4O6. The van der Waals surface area contributed by atoms with Crippen LogP contribution in [0.5, 0.6) is 0 Å². The highest BCUT2D eigenvalue weighted by Crippen LogP contribution is 2.14. The summed E-state index contributed by atoms with van der Waals surface area (Å²) in [7, 11) is 0. The maximum absolute atomic E-state index is 11.8. The third-order valence-corrected chi connectivity index (χ3v) is 3.58. The van der Waals surface area contributed by atoms with Gasteiger partial charge in [-0.2, -0.15) is 15.3 Å². The van der Waals surface area contributed by atoms with Crippen molar-refractivity contribution in [3.05, 3.63) is 23.1 Å². The average Bonchev–Trinajstić information content (AvgIpc) is 3.13. The van der Waals surface area contributed by atoms with E-state index in [1.807, 2.05) is 0 Å². The fourth-order valence-electron chi connectivity index (χ4n) is 2.43. The Labute approximate surface area is 132 Å². The van der Waals surface area contributed by atoms with Crippen molar-refractivity contribution in [2.45, 2.75) is 6.10 Å². The minimum Gasteiger partial charge on any atom is -0.592 e. The number of rotatable bonds is 5. The highest BCUT2D eigenvalue weighted by Gasteiger charge is 2.32. The van der Waals surface area contributed by atoms with Gasteiger partial charge in [0, 0.05) is 25.7 Å². The molecule has 0 spiro atoms. The van der Waals surface area contributed by atoms with E-state index in [1.54, 1.807) is 0 Å². The van der Waals surface area contributed by atoms with E-state index in [-0.39, 0.29) is 17.7 Å². The molecule has 0 bridgehead atoms. The maximum atomic E-state index is 11.8. The highest BCUT2D eigenvalue weighted by molar-refractivity contribution is 5.78. The molecule has 0 aromatic carbocycles. The normalized spacial score (nSPS) is 24.3. The van der Waals surface area contributed by atoms with Crippen molar-refractivity contribution < 1.29 is 29.1 Å². The Balaban J connectivity index is 1.53. The summed E-state index contributed by atoms with van der Waals surface area (Å²) in [4.78, 5) is 14.0. The summed E-state index contributed by atoms with van der Waals surface area (Å²) in [5, 5.41) is 23.5. The van der Waals surface area contributed by atoms with E-state index in [1.165, 1.54) is 23.4 Å². The zero-order chi connectivity index (χ0) is 16.2. The van der Waals surface area contributed by atoms with Crippen LogP contribution in [0.25, 0.3) is 0 Å². The van der Waals surface area contributed by atoms with Crippen LogP contribution in [0.15, 0.2) is 21.7 Å². The summed E-state index contributed by atoms with van der Waals surface area (Å²) in [6, 6.07) is 2.80. The predicted octanol–water partition coefficient (Wildman–Crippen LogP) is -0.830. The van der Waals surface area contributed by atoms with Gasteiger partial charge in [-0.15, -0.1) is 0 Å². The van der Waals surface area contributed by atoms with Crippen LogP contribution >= 0.6 is 0 Å². The molecule has 2 aliphatic rings. The molecule has 2 N–H and O–H groups in total. The molecule has 2 saturated heterocycles. The topological polar surface area (TPSA) is 115 Å².